The Balaban J connectivity index is 3.49. The fourth-order valence-electron chi connectivity index (χ4n) is 0.495. The Labute approximate surface area is 61.6 Å². The van der Waals surface area contributed by atoms with Crippen molar-refractivity contribution >= 4 is 10.0 Å². The summed E-state index contributed by atoms with van der Waals surface area (Å²) in [4.78, 5) is 0. The third-order valence-corrected chi connectivity index (χ3v) is 2.52. The van der Waals surface area contributed by atoms with Gasteiger partial charge in [-0.1, -0.05) is 0 Å². The Morgan fingerprint density at radius 1 is 1.50 bits per heavy atom. The van der Waals surface area contributed by atoms with Crippen molar-refractivity contribution in [2.45, 2.75) is 6.42 Å². The van der Waals surface area contributed by atoms with Crippen LogP contribution in [0.1, 0.15) is 6.42 Å². The van der Waals surface area contributed by atoms with Crippen molar-refractivity contribution < 1.29 is 13.2 Å². The molecule has 0 aliphatic carbocycles. The standard InChI is InChI=1S/C5H13NO3S/c1-6-10(7,8)5-3-4-9-2/h6H,3-5H2,1-2H3. The predicted octanol–water partition coefficient (Wildman–Crippen LogP) is -0.428. The zero-order valence-electron chi connectivity index (χ0n) is 6.25. The van der Waals surface area contributed by atoms with E-state index in [4.69, 9.17) is 0 Å². The van der Waals surface area contributed by atoms with Crippen LogP contribution in [0, 0.1) is 0 Å². The van der Waals surface area contributed by atoms with Gasteiger partial charge in [0.1, 0.15) is 0 Å². The molecule has 0 spiro atoms. The maximum atomic E-state index is 10.7. The van der Waals surface area contributed by atoms with Crippen LogP contribution in [0.15, 0.2) is 0 Å². The minimum atomic E-state index is -3.02. The zero-order chi connectivity index (χ0) is 8.04. The van der Waals surface area contributed by atoms with Crippen molar-refractivity contribution in [2.75, 3.05) is 26.5 Å². The maximum absolute atomic E-state index is 10.7. The van der Waals surface area contributed by atoms with Gasteiger partial charge in [-0.3, -0.25) is 0 Å². The lowest BCUT2D eigenvalue weighted by Crippen LogP contribution is -2.22. The summed E-state index contributed by atoms with van der Waals surface area (Å²) in [5.74, 6) is 0.136. The lowest BCUT2D eigenvalue weighted by atomic mass is 10.5. The fraction of sp³-hybridized carbons (Fsp3) is 1.00. The van der Waals surface area contributed by atoms with Gasteiger partial charge in [0.25, 0.3) is 0 Å². The molecule has 0 aliphatic heterocycles. The Bertz CT molecular complexity index is 164. The molecule has 0 aromatic heterocycles. The van der Waals surface area contributed by atoms with E-state index in [1.807, 2.05) is 0 Å². The highest BCUT2D eigenvalue weighted by Crippen LogP contribution is 1.87. The second-order valence-corrected chi connectivity index (χ2v) is 3.92. The van der Waals surface area contributed by atoms with Gasteiger partial charge in [-0.05, 0) is 13.5 Å². The van der Waals surface area contributed by atoms with Gasteiger partial charge < -0.3 is 4.74 Å². The number of hydrogen-bond donors (Lipinski definition) is 1. The summed E-state index contributed by atoms with van der Waals surface area (Å²) in [6, 6.07) is 0. The summed E-state index contributed by atoms with van der Waals surface area (Å²) < 4.78 is 28.3. The topological polar surface area (TPSA) is 55.4 Å². The van der Waals surface area contributed by atoms with Crippen LogP contribution in [0.4, 0.5) is 0 Å². The SMILES string of the molecule is CNS(=O)(=O)CCCOC. The van der Waals surface area contributed by atoms with Crippen LogP contribution in [-0.2, 0) is 14.8 Å². The second-order valence-electron chi connectivity index (χ2n) is 1.87. The average Bonchev–Trinajstić information content (AvgIpc) is 1.89. The van der Waals surface area contributed by atoms with Gasteiger partial charge in [0.05, 0.1) is 5.75 Å². The first-order chi connectivity index (χ1) is 4.62. The molecule has 1 N–H and O–H groups in total. The van der Waals surface area contributed by atoms with Crippen LogP contribution in [-0.4, -0.2) is 34.9 Å². The van der Waals surface area contributed by atoms with Crippen LogP contribution < -0.4 is 4.72 Å². The van der Waals surface area contributed by atoms with Crippen LogP contribution >= 0.6 is 0 Å². The minimum Gasteiger partial charge on any atom is -0.385 e. The minimum absolute atomic E-state index is 0.136. The van der Waals surface area contributed by atoms with E-state index in [-0.39, 0.29) is 5.75 Å². The quantitative estimate of drug-likeness (QED) is 0.565. The average molecular weight is 167 g/mol. The van der Waals surface area contributed by atoms with Gasteiger partial charge in [0.2, 0.25) is 10.0 Å². The number of sulfonamides is 1. The van der Waals surface area contributed by atoms with Crippen molar-refractivity contribution in [3.05, 3.63) is 0 Å². The highest BCUT2D eigenvalue weighted by molar-refractivity contribution is 7.89. The van der Waals surface area contributed by atoms with Gasteiger partial charge in [-0.15, -0.1) is 0 Å². The Morgan fingerprint density at radius 2 is 2.10 bits per heavy atom. The molecule has 0 atom stereocenters. The predicted molar refractivity (Wildman–Crippen MR) is 39.3 cm³/mol. The van der Waals surface area contributed by atoms with Crippen LogP contribution in [0.3, 0.4) is 0 Å². The highest BCUT2D eigenvalue weighted by Gasteiger charge is 2.04. The molecule has 62 valence electrons. The van der Waals surface area contributed by atoms with Crippen molar-refractivity contribution in [3.63, 3.8) is 0 Å². The molecule has 0 rings (SSSR count). The maximum Gasteiger partial charge on any atom is 0.211 e. The van der Waals surface area contributed by atoms with E-state index in [9.17, 15) is 8.42 Å². The van der Waals surface area contributed by atoms with Crippen molar-refractivity contribution in [3.8, 4) is 0 Å². The van der Waals surface area contributed by atoms with E-state index in [0.29, 0.717) is 13.0 Å². The van der Waals surface area contributed by atoms with Crippen LogP contribution in [0.5, 0.6) is 0 Å². The van der Waals surface area contributed by atoms with Crippen molar-refractivity contribution in [1.82, 2.24) is 4.72 Å². The molecule has 0 amide bonds. The lowest BCUT2D eigenvalue weighted by molar-refractivity contribution is 0.199. The summed E-state index contributed by atoms with van der Waals surface area (Å²) in [5.41, 5.74) is 0. The molecule has 0 fully saturated rings. The molecule has 0 aliphatic rings. The first-order valence-electron chi connectivity index (χ1n) is 3.02. The number of hydrogen-bond acceptors (Lipinski definition) is 3. The number of rotatable bonds is 5. The van der Waals surface area contributed by atoms with Gasteiger partial charge in [0, 0.05) is 13.7 Å². The zero-order valence-corrected chi connectivity index (χ0v) is 7.07. The molecular weight excluding hydrogens is 154 g/mol. The van der Waals surface area contributed by atoms with E-state index >= 15 is 0 Å². The van der Waals surface area contributed by atoms with Crippen LogP contribution in [0.2, 0.25) is 0 Å². The molecule has 4 nitrogen and oxygen atoms in total. The molecule has 0 bridgehead atoms. The van der Waals surface area contributed by atoms with E-state index in [1.165, 1.54) is 7.05 Å². The van der Waals surface area contributed by atoms with Crippen LogP contribution in [0.25, 0.3) is 0 Å². The molecule has 0 unspecified atom stereocenters. The third-order valence-electron chi connectivity index (χ3n) is 1.07. The Kier molecular flexibility index (Phi) is 4.59. The molecule has 0 saturated carbocycles. The first kappa shape index (κ1) is 9.87. The second kappa shape index (κ2) is 4.65. The molecule has 0 radical (unpaired) electrons. The first-order valence-corrected chi connectivity index (χ1v) is 4.68. The fourth-order valence-corrected chi connectivity index (χ4v) is 1.20. The van der Waals surface area contributed by atoms with E-state index in [0.717, 1.165) is 0 Å². The highest BCUT2D eigenvalue weighted by atomic mass is 32.2. The number of methoxy groups -OCH3 is 1. The largest absolute Gasteiger partial charge is 0.385 e. The van der Waals surface area contributed by atoms with Gasteiger partial charge in [-0.25, -0.2) is 13.1 Å². The van der Waals surface area contributed by atoms with E-state index < -0.39 is 10.0 Å². The van der Waals surface area contributed by atoms with Crippen molar-refractivity contribution in [1.29, 1.82) is 0 Å². The number of ether oxygens (including phenoxy) is 1. The Morgan fingerprint density at radius 3 is 2.50 bits per heavy atom. The van der Waals surface area contributed by atoms with Gasteiger partial charge in [-0.2, -0.15) is 0 Å². The normalized spacial score (nSPS) is 11.8. The van der Waals surface area contributed by atoms with Gasteiger partial charge >= 0.3 is 0 Å². The summed E-state index contributed by atoms with van der Waals surface area (Å²) in [7, 11) is -0.0692. The van der Waals surface area contributed by atoms with Gasteiger partial charge in [0.15, 0.2) is 0 Å². The Hall–Kier alpha value is -0.130. The molecule has 5 heteroatoms. The smallest absolute Gasteiger partial charge is 0.211 e. The number of nitrogens with one attached hydrogen (secondary N) is 1. The molecule has 0 aromatic rings. The molecule has 0 aromatic carbocycles. The van der Waals surface area contributed by atoms with Crippen molar-refractivity contribution in [2.24, 2.45) is 0 Å². The third kappa shape index (κ3) is 4.72. The summed E-state index contributed by atoms with van der Waals surface area (Å²) in [6.07, 6.45) is 0.541. The molecule has 10 heavy (non-hydrogen) atoms. The van der Waals surface area contributed by atoms with E-state index in [2.05, 4.69) is 9.46 Å². The lowest BCUT2D eigenvalue weighted by Gasteiger charge is -1.99. The summed E-state index contributed by atoms with van der Waals surface area (Å²) in [5, 5.41) is 0. The van der Waals surface area contributed by atoms with E-state index in [1.54, 1.807) is 7.11 Å². The molecule has 0 heterocycles. The summed E-state index contributed by atoms with van der Waals surface area (Å²) in [6.45, 7) is 0.487. The molecular formula is C5H13NO3S. The molecule has 0 saturated heterocycles. The monoisotopic (exact) mass is 167 g/mol. The summed E-state index contributed by atoms with van der Waals surface area (Å²) >= 11 is 0.